The highest BCUT2D eigenvalue weighted by Crippen LogP contribution is 2.63. The predicted octanol–water partition coefficient (Wildman–Crippen LogP) is 1.89. The van der Waals surface area contributed by atoms with E-state index in [1.54, 1.807) is 12.1 Å². The molecule has 0 saturated heterocycles. The third-order valence-electron chi connectivity index (χ3n) is 2.66. The lowest BCUT2D eigenvalue weighted by Crippen LogP contribution is -2.36. The van der Waals surface area contributed by atoms with Crippen molar-refractivity contribution in [2.45, 2.75) is 22.6 Å². The summed E-state index contributed by atoms with van der Waals surface area (Å²) in [6, 6.07) is 7.25. The Morgan fingerprint density at radius 2 is 2.00 bits per heavy atom. The van der Waals surface area contributed by atoms with Crippen LogP contribution in [0, 0.1) is 0 Å². The smallest absolute Gasteiger partial charge is 0.269 e. The molecular weight excluding hydrogens is 234 g/mol. The summed E-state index contributed by atoms with van der Waals surface area (Å²) < 4.78 is 33.0. The number of para-hydroxylation sites is 1. The van der Waals surface area contributed by atoms with Crippen molar-refractivity contribution in [3.8, 4) is 0 Å². The van der Waals surface area contributed by atoms with Crippen LogP contribution in [0.5, 0.6) is 0 Å². The van der Waals surface area contributed by atoms with Crippen molar-refractivity contribution in [3.63, 3.8) is 0 Å². The number of benzene rings is 1. The summed E-state index contributed by atoms with van der Waals surface area (Å²) in [5, 5.41) is 0. The van der Waals surface area contributed by atoms with E-state index in [0.717, 1.165) is 22.0 Å². The third kappa shape index (κ3) is 1.28. The number of anilines is 1. The summed E-state index contributed by atoms with van der Waals surface area (Å²) in [5.41, 5.74) is 0.600. The zero-order chi connectivity index (χ0) is 10.7. The molecule has 6 heteroatoms. The van der Waals surface area contributed by atoms with Gasteiger partial charge in [0.1, 0.15) is 4.87 Å². The molecule has 1 aliphatic carbocycles. The van der Waals surface area contributed by atoms with Gasteiger partial charge in [0.05, 0.1) is 5.69 Å². The van der Waals surface area contributed by atoms with E-state index in [2.05, 4.69) is 0 Å². The molecule has 0 unspecified atom stereocenters. The molecule has 0 radical (unpaired) electrons. The van der Waals surface area contributed by atoms with Crippen LogP contribution in [0.15, 0.2) is 29.2 Å². The lowest BCUT2D eigenvalue weighted by Gasteiger charge is -2.21. The minimum atomic E-state index is -4.15. The van der Waals surface area contributed by atoms with Gasteiger partial charge in [-0.1, -0.05) is 23.9 Å². The van der Waals surface area contributed by atoms with E-state index in [-0.39, 0.29) is 0 Å². The van der Waals surface area contributed by atoms with Crippen LogP contribution in [0.2, 0.25) is 0 Å². The maximum atomic E-state index is 11.3. The molecule has 0 bridgehead atoms. The Bertz CT molecular complexity index is 522. The first kappa shape index (κ1) is 9.50. The van der Waals surface area contributed by atoms with E-state index in [1.807, 2.05) is 12.1 Å². The Balaban J connectivity index is 2.20. The highest BCUT2D eigenvalue weighted by atomic mass is 32.2. The average molecular weight is 243 g/mol. The zero-order valence-electron chi connectivity index (χ0n) is 7.75. The molecule has 1 N–H and O–H groups in total. The van der Waals surface area contributed by atoms with Crippen LogP contribution in [0.4, 0.5) is 5.69 Å². The number of hydrogen-bond acceptors (Lipinski definition) is 3. The number of thioether (sulfide) groups is 1. The highest BCUT2D eigenvalue weighted by molar-refractivity contribution is 8.03. The number of nitrogens with zero attached hydrogens (tertiary/aromatic N) is 1. The molecule has 3 rings (SSSR count). The first-order valence-electron chi connectivity index (χ1n) is 4.59. The molecule has 0 atom stereocenters. The Kier molecular flexibility index (Phi) is 1.70. The second-order valence-corrected chi connectivity index (χ2v) is 6.42. The summed E-state index contributed by atoms with van der Waals surface area (Å²) in [6.45, 7) is 0. The monoisotopic (exact) mass is 243 g/mol. The molecule has 80 valence electrons. The van der Waals surface area contributed by atoms with E-state index in [9.17, 15) is 13.0 Å². The fourth-order valence-electron chi connectivity index (χ4n) is 1.92. The predicted molar refractivity (Wildman–Crippen MR) is 58.3 cm³/mol. The lowest BCUT2D eigenvalue weighted by atomic mass is 10.3. The summed E-state index contributed by atoms with van der Waals surface area (Å²) in [7, 11) is -4.15. The maximum Gasteiger partial charge on any atom is 0.361 e. The lowest BCUT2D eigenvalue weighted by molar-refractivity contribution is 0.476. The molecule has 1 fully saturated rings. The van der Waals surface area contributed by atoms with Gasteiger partial charge in [-0.15, -0.1) is 0 Å². The molecule has 4 nitrogen and oxygen atoms in total. The van der Waals surface area contributed by atoms with Gasteiger partial charge in [-0.3, -0.25) is 4.55 Å². The van der Waals surface area contributed by atoms with Crippen molar-refractivity contribution in [1.82, 2.24) is 0 Å². The summed E-state index contributed by atoms with van der Waals surface area (Å²) in [5.74, 6) is 0. The van der Waals surface area contributed by atoms with Crippen molar-refractivity contribution >= 4 is 27.8 Å². The van der Waals surface area contributed by atoms with Crippen LogP contribution in [0.1, 0.15) is 12.8 Å². The van der Waals surface area contributed by atoms with E-state index in [4.69, 9.17) is 0 Å². The van der Waals surface area contributed by atoms with Crippen molar-refractivity contribution < 1.29 is 13.0 Å². The van der Waals surface area contributed by atoms with Gasteiger partial charge in [0.15, 0.2) is 0 Å². The summed E-state index contributed by atoms with van der Waals surface area (Å²) in [4.78, 5) is 0.490. The van der Waals surface area contributed by atoms with Crippen LogP contribution in [0.25, 0.3) is 0 Å². The van der Waals surface area contributed by atoms with Crippen LogP contribution >= 0.6 is 11.8 Å². The van der Waals surface area contributed by atoms with Gasteiger partial charge in [-0.25, -0.2) is 4.31 Å². The van der Waals surface area contributed by atoms with Gasteiger partial charge in [0.2, 0.25) is 0 Å². The number of hydrogen-bond donors (Lipinski definition) is 1. The largest absolute Gasteiger partial charge is 0.361 e. The molecule has 1 aromatic rings. The van der Waals surface area contributed by atoms with Crippen LogP contribution < -0.4 is 4.31 Å². The molecule has 0 amide bonds. The standard InChI is InChI=1S/C9H9NO3S2/c11-15(12,13)10-7-3-1-2-4-8(7)14-9(10)5-6-9/h1-4H,5-6H2,(H,11,12,13). The Morgan fingerprint density at radius 3 is 2.60 bits per heavy atom. The topological polar surface area (TPSA) is 57.6 Å². The molecule has 2 aliphatic rings. The third-order valence-corrected chi connectivity index (χ3v) is 5.32. The van der Waals surface area contributed by atoms with Crippen molar-refractivity contribution in [2.75, 3.05) is 4.31 Å². The molecule has 1 aliphatic heterocycles. The fraction of sp³-hybridized carbons (Fsp3) is 0.333. The quantitative estimate of drug-likeness (QED) is 0.765. The SMILES string of the molecule is O=S(=O)(O)N1c2ccccc2SC12CC2. The first-order valence-corrected chi connectivity index (χ1v) is 6.80. The van der Waals surface area contributed by atoms with Gasteiger partial charge in [0, 0.05) is 4.90 Å². The molecule has 1 saturated carbocycles. The minimum absolute atomic E-state index is 0.433. The van der Waals surface area contributed by atoms with E-state index >= 15 is 0 Å². The first-order chi connectivity index (χ1) is 7.03. The van der Waals surface area contributed by atoms with Gasteiger partial charge in [0.25, 0.3) is 0 Å². The van der Waals surface area contributed by atoms with Crippen LogP contribution in [-0.4, -0.2) is 17.8 Å². The second-order valence-electron chi connectivity index (χ2n) is 3.76. The van der Waals surface area contributed by atoms with Gasteiger partial charge < -0.3 is 0 Å². The van der Waals surface area contributed by atoms with Crippen LogP contribution in [-0.2, 0) is 10.3 Å². The van der Waals surface area contributed by atoms with E-state index in [0.29, 0.717) is 5.69 Å². The summed E-state index contributed by atoms with van der Waals surface area (Å²) >= 11 is 1.53. The number of rotatable bonds is 1. The number of fused-ring (bicyclic) bond motifs is 1. The fourth-order valence-corrected chi connectivity index (χ4v) is 4.69. The Morgan fingerprint density at radius 1 is 1.33 bits per heavy atom. The van der Waals surface area contributed by atoms with Crippen molar-refractivity contribution in [3.05, 3.63) is 24.3 Å². The zero-order valence-corrected chi connectivity index (χ0v) is 9.38. The Labute approximate surface area is 92.2 Å². The molecule has 1 heterocycles. The normalized spacial score (nSPS) is 21.8. The van der Waals surface area contributed by atoms with Gasteiger partial charge in [-0.2, -0.15) is 8.42 Å². The molecule has 15 heavy (non-hydrogen) atoms. The summed E-state index contributed by atoms with van der Waals surface area (Å²) in [6.07, 6.45) is 1.60. The maximum absolute atomic E-state index is 11.3. The molecular formula is C9H9NO3S2. The van der Waals surface area contributed by atoms with Crippen molar-refractivity contribution in [2.24, 2.45) is 0 Å². The van der Waals surface area contributed by atoms with Gasteiger partial charge in [-0.05, 0) is 25.0 Å². The average Bonchev–Trinajstić information content (AvgIpc) is 2.79. The van der Waals surface area contributed by atoms with Crippen LogP contribution in [0.3, 0.4) is 0 Å². The molecule has 1 aromatic carbocycles. The Hall–Kier alpha value is -0.720. The van der Waals surface area contributed by atoms with E-state index in [1.165, 1.54) is 11.8 Å². The van der Waals surface area contributed by atoms with E-state index < -0.39 is 15.2 Å². The highest BCUT2D eigenvalue weighted by Gasteiger charge is 2.58. The second kappa shape index (κ2) is 2.69. The molecule has 0 aromatic heterocycles. The minimum Gasteiger partial charge on any atom is -0.269 e. The molecule has 1 spiro atoms. The van der Waals surface area contributed by atoms with Crippen molar-refractivity contribution in [1.29, 1.82) is 0 Å². The van der Waals surface area contributed by atoms with Gasteiger partial charge >= 0.3 is 10.3 Å².